The van der Waals surface area contributed by atoms with E-state index in [-0.39, 0.29) is 12.5 Å². The number of nitrogens with one attached hydrogen (secondary N) is 2. The minimum atomic E-state index is -0.0382. The molecule has 2 aliphatic rings. The Bertz CT molecular complexity index is 1550. The van der Waals surface area contributed by atoms with E-state index < -0.39 is 0 Å². The number of fused-ring (bicyclic) bond motifs is 6. The fourth-order valence-corrected chi connectivity index (χ4v) is 5.04. The Balaban J connectivity index is 1.15. The number of aromatic nitrogens is 4. The van der Waals surface area contributed by atoms with Crippen LogP contribution in [-0.2, 0) is 17.6 Å². The van der Waals surface area contributed by atoms with Crippen LogP contribution in [0, 0.1) is 6.92 Å². The molecule has 5 heterocycles. The van der Waals surface area contributed by atoms with Crippen LogP contribution >= 0.6 is 0 Å². The monoisotopic (exact) mass is 552 g/mol. The van der Waals surface area contributed by atoms with Crippen molar-refractivity contribution in [2.24, 2.45) is 0 Å². The van der Waals surface area contributed by atoms with Gasteiger partial charge in [-0.3, -0.25) is 9.78 Å². The second-order valence-electron chi connectivity index (χ2n) is 10.1. The van der Waals surface area contributed by atoms with Gasteiger partial charge in [-0.05, 0) is 67.3 Å². The second-order valence-corrected chi connectivity index (χ2v) is 10.1. The summed E-state index contributed by atoms with van der Waals surface area (Å²) in [5.74, 6) is 3.40. The Hall–Kier alpha value is -4.93. The summed E-state index contributed by atoms with van der Waals surface area (Å²) in [6, 6.07) is 11.7. The predicted molar refractivity (Wildman–Crippen MR) is 156 cm³/mol. The van der Waals surface area contributed by atoms with Crippen LogP contribution in [0.25, 0.3) is 0 Å². The number of piperazine rings is 1. The highest BCUT2D eigenvalue weighted by Gasteiger charge is 2.24. The van der Waals surface area contributed by atoms with Gasteiger partial charge in [0.05, 0.1) is 19.0 Å². The number of carbonyl (C=O) groups is 1. The van der Waals surface area contributed by atoms with Crippen molar-refractivity contribution in [3.05, 3.63) is 77.9 Å². The average molecular weight is 553 g/mol. The van der Waals surface area contributed by atoms with Gasteiger partial charge in [0.1, 0.15) is 11.6 Å². The Morgan fingerprint density at radius 1 is 0.951 bits per heavy atom. The van der Waals surface area contributed by atoms with Crippen molar-refractivity contribution in [1.82, 2.24) is 24.8 Å². The second kappa shape index (κ2) is 11.7. The molecular formula is C30H32N8O3. The van der Waals surface area contributed by atoms with Crippen molar-refractivity contribution in [2.45, 2.75) is 19.8 Å². The summed E-state index contributed by atoms with van der Waals surface area (Å²) in [4.78, 5) is 35.0. The van der Waals surface area contributed by atoms with Crippen LogP contribution in [0.5, 0.6) is 11.5 Å². The van der Waals surface area contributed by atoms with Crippen molar-refractivity contribution in [3.63, 3.8) is 0 Å². The molecule has 210 valence electrons. The smallest absolute Gasteiger partial charge is 0.260 e. The lowest BCUT2D eigenvalue weighted by Crippen LogP contribution is -2.50. The zero-order chi connectivity index (χ0) is 28.2. The molecule has 4 aromatic rings. The van der Waals surface area contributed by atoms with Crippen LogP contribution in [0.15, 0.2) is 61.2 Å². The Morgan fingerprint density at radius 2 is 1.83 bits per heavy atom. The molecule has 41 heavy (non-hydrogen) atoms. The fourth-order valence-electron chi connectivity index (χ4n) is 5.04. The van der Waals surface area contributed by atoms with Gasteiger partial charge in [0.25, 0.3) is 5.91 Å². The Labute approximate surface area is 238 Å². The Kier molecular flexibility index (Phi) is 7.48. The first kappa shape index (κ1) is 26.3. The topological polar surface area (TPSA) is 118 Å². The molecule has 1 saturated heterocycles. The van der Waals surface area contributed by atoms with Crippen LogP contribution in [0.3, 0.4) is 0 Å². The number of nitrogens with zero attached hydrogens (tertiary/aromatic N) is 6. The van der Waals surface area contributed by atoms with Gasteiger partial charge in [-0.15, -0.1) is 0 Å². The first-order valence-corrected chi connectivity index (χ1v) is 13.6. The number of hydrogen-bond donors (Lipinski definition) is 2. The summed E-state index contributed by atoms with van der Waals surface area (Å²) < 4.78 is 11.6. The number of hydrogen-bond acceptors (Lipinski definition) is 10. The predicted octanol–water partition coefficient (Wildman–Crippen LogP) is 3.90. The summed E-state index contributed by atoms with van der Waals surface area (Å²) in [6.07, 6.45) is 8.63. The first-order valence-electron chi connectivity index (χ1n) is 13.6. The lowest BCUT2D eigenvalue weighted by Gasteiger charge is -2.35. The highest BCUT2D eigenvalue weighted by atomic mass is 16.5. The number of methoxy groups -OCH3 is 1. The van der Waals surface area contributed by atoms with E-state index in [1.165, 1.54) is 0 Å². The molecule has 6 rings (SSSR count). The van der Waals surface area contributed by atoms with Crippen molar-refractivity contribution in [1.29, 1.82) is 0 Å². The van der Waals surface area contributed by atoms with Gasteiger partial charge >= 0.3 is 0 Å². The number of anilines is 5. The molecule has 0 spiro atoms. The third-order valence-corrected chi connectivity index (χ3v) is 7.28. The molecule has 2 N–H and O–H groups in total. The van der Waals surface area contributed by atoms with Crippen LogP contribution < -0.4 is 25.0 Å². The van der Waals surface area contributed by atoms with Crippen molar-refractivity contribution in [2.75, 3.05) is 55.4 Å². The highest BCUT2D eigenvalue weighted by Crippen LogP contribution is 2.29. The number of ether oxygens (including phenoxy) is 2. The number of rotatable bonds is 5. The maximum Gasteiger partial charge on any atom is 0.260 e. The summed E-state index contributed by atoms with van der Waals surface area (Å²) in [5, 5.41) is 6.66. The largest absolute Gasteiger partial charge is 0.493 e. The van der Waals surface area contributed by atoms with E-state index in [4.69, 9.17) is 9.47 Å². The SMILES string of the molecule is COc1cccnc1N1CCN(C(=O)COc2ccc3cc2CCc2cncc(c2)Nc2ncc(C)c(n2)N3)CC1. The molecule has 11 heteroatoms. The molecular weight excluding hydrogens is 520 g/mol. The standard InChI is InChI=1S/C30H32N8O3/c1-20-16-33-30-35-24-14-21(17-31-18-24)5-6-22-15-23(34-28(20)36-30)7-8-25(22)41-19-27(39)37-10-12-38(13-11-37)29-26(40-2)4-3-9-32-29/h3-4,7-9,14-18H,5-6,10-13,19H2,1-2H3,(H2,33,34,35,36). The van der Waals surface area contributed by atoms with Gasteiger partial charge in [-0.2, -0.15) is 4.98 Å². The molecule has 0 radical (unpaired) electrons. The van der Waals surface area contributed by atoms with E-state index in [9.17, 15) is 4.79 Å². The molecule has 0 aliphatic carbocycles. The van der Waals surface area contributed by atoms with Gasteiger partial charge in [0, 0.05) is 56.0 Å². The van der Waals surface area contributed by atoms with E-state index in [2.05, 4.69) is 47.6 Å². The number of aryl methyl sites for hydroxylation is 3. The number of amides is 1. The molecule has 1 fully saturated rings. The van der Waals surface area contributed by atoms with Crippen molar-refractivity contribution >= 4 is 34.9 Å². The molecule has 0 atom stereocenters. The summed E-state index contributed by atoms with van der Waals surface area (Å²) >= 11 is 0. The molecule has 1 amide bonds. The highest BCUT2D eigenvalue weighted by molar-refractivity contribution is 5.78. The van der Waals surface area contributed by atoms with Gasteiger partial charge in [-0.25, -0.2) is 9.97 Å². The van der Waals surface area contributed by atoms with E-state index in [1.807, 2.05) is 42.3 Å². The number of carbonyl (C=O) groups excluding carboxylic acids is 1. The molecule has 0 unspecified atom stereocenters. The number of benzene rings is 1. The van der Waals surface area contributed by atoms with E-state index in [1.54, 1.807) is 25.7 Å². The maximum atomic E-state index is 13.1. The van der Waals surface area contributed by atoms with Gasteiger partial charge in [0.2, 0.25) is 5.95 Å². The van der Waals surface area contributed by atoms with E-state index in [0.717, 1.165) is 52.5 Å². The molecule has 11 nitrogen and oxygen atoms in total. The lowest BCUT2D eigenvalue weighted by molar-refractivity contribution is -0.133. The summed E-state index contributed by atoms with van der Waals surface area (Å²) in [5.41, 5.74) is 4.71. The fraction of sp³-hybridized carbons (Fsp3) is 0.300. The van der Waals surface area contributed by atoms with Crippen LogP contribution in [0.4, 0.5) is 29.0 Å². The molecule has 0 saturated carbocycles. The first-order chi connectivity index (χ1) is 20.1. The van der Waals surface area contributed by atoms with Crippen molar-refractivity contribution < 1.29 is 14.3 Å². The quantitative estimate of drug-likeness (QED) is 0.378. The molecule has 2 aliphatic heterocycles. The average Bonchev–Trinajstić information content (AvgIpc) is 3.01. The van der Waals surface area contributed by atoms with Gasteiger partial charge < -0.3 is 29.9 Å². The maximum absolute atomic E-state index is 13.1. The molecule has 1 aromatic carbocycles. The van der Waals surface area contributed by atoms with Gasteiger partial charge in [-0.1, -0.05) is 0 Å². The third kappa shape index (κ3) is 5.98. The zero-order valence-electron chi connectivity index (χ0n) is 23.1. The molecule has 6 bridgehead atoms. The zero-order valence-corrected chi connectivity index (χ0v) is 23.1. The number of pyridine rings is 2. The van der Waals surface area contributed by atoms with E-state index >= 15 is 0 Å². The minimum Gasteiger partial charge on any atom is -0.493 e. The summed E-state index contributed by atoms with van der Waals surface area (Å²) in [6.45, 7) is 4.48. The summed E-state index contributed by atoms with van der Waals surface area (Å²) in [7, 11) is 1.64. The van der Waals surface area contributed by atoms with Crippen LogP contribution in [0.1, 0.15) is 16.7 Å². The third-order valence-electron chi connectivity index (χ3n) is 7.28. The van der Waals surface area contributed by atoms with E-state index in [0.29, 0.717) is 43.7 Å². The minimum absolute atomic E-state index is 0.0258. The normalized spacial score (nSPS) is 14.5. The van der Waals surface area contributed by atoms with Gasteiger partial charge in [0.15, 0.2) is 18.2 Å². The molecule has 3 aromatic heterocycles. The Morgan fingerprint density at radius 3 is 2.68 bits per heavy atom. The van der Waals surface area contributed by atoms with Crippen molar-refractivity contribution in [3.8, 4) is 11.5 Å². The lowest BCUT2D eigenvalue weighted by atomic mass is 10.0. The van der Waals surface area contributed by atoms with Crippen LogP contribution in [0.2, 0.25) is 0 Å². The van der Waals surface area contributed by atoms with Crippen LogP contribution in [-0.4, -0.2) is 70.6 Å².